The Balaban J connectivity index is 1.84. The fourth-order valence-corrected chi connectivity index (χ4v) is 2.90. The van der Waals surface area contributed by atoms with Crippen LogP contribution in [0.5, 0.6) is 0 Å². The zero-order valence-corrected chi connectivity index (χ0v) is 10.3. The van der Waals surface area contributed by atoms with Crippen molar-refractivity contribution < 1.29 is 4.79 Å². The molecular formula is C13H24N2O. The Morgan fingerprint density at radius 1 is 1.12 bits per heavy atom. The van der Waals surface area contributed by atoms with Crippen LogP contribution in [0.4, 0.5) is 0 Å². The first kappa shape index (κ1) is 11.9. The van der Waals surface area contributed by atoms with Gasteiger partial charge < -0.3 is 10.6 Å². The minimum atomic E-state index is 0.0791. The largest absolute Gasteiger partial charge is 0.352 e. The summed E-state index contributed by atoms with van der Waals surface area (Å²) in [7, 11) is 0. The number of carbonyl (C=O) groups excluding carboxylic acids is 1. The number of carbonyl (C=O) groups is 1. The van der Waals surface area contributed by atoms with E-state index in [1.54, 1.807) is 0 Å². The van der Waals surface area contributed by atoms with Crippen molar-refractivity contribution in [2.45, 2.75) is 64.0 Å². The van der Waals surface area contributed by atoms with Gasteiger partial charge in [0.25, 0.3) is 0 Å². The van der Waals surface area contributed by atoms with Crippen LogP contribution < -0.4 is 10.6 Å². The first-order chi connectivity index (χ1) is 7.77. The summed E-state index contributed by atoms with van der Waals surface area (Å²) in [5.74, 6) is 0.879. The van der Waals surface area contributed by atoms with Gasteiger partial charge in [-0.3, -0.25) is 4.79 Å². The molecule has 1 heterocycles. The Bertz CT molecular complexity index is 236. The number of nitrogens with one attached hydrogen (secondary N) is 2. The molecule has 1 saturated heterocycles. The summed E-state index contributed by atoms with van der Waals surface area (Å²) in [4.78, 5) is 12.0. The summed E-state index contributed by atoms with van der Waals surface area (Å²) in [6, 6.07) is 0.493. The van der Waals surface area contributed by atoms with Gasteiger partial charge in [0.15, 0.2) is 0 Å². The molecule has 0 radical (unpaired) electrons. The molecule has 1 amide bonds. The second-order valence-corrected chi connectivity index (χ2v) is 5.38. The summed E-state index contributed by atoms with van der Waals surface area (Å²) >= 11 is 0. The third-order valence-electron chi connectivity index (χ3n) is 4.07. The van der Waals surface area contributed by atoms with Gasteiger partial charge in [0.2, 0.25) is 5.91 Å². The third-order valence-corrected chi connectivity index (χ3v) is 4.07. The summed E-state index contributed by atoms with van der Waals surface area (Å²) < 4.78 is 0. The molecular weight excluding hydrogens is 200 g/mol. The zero-order chi connectivity index (χ0) is 11.4. The molecule has 2 aliphatic rings. The molecule has 16 heavy (non-hydrogen) atoms. The van der Waals surface area contributed by atoms with Gasteiger partial charge in [-0.2, -0.15) is 0 Å². The minimum Gasteiger partial charge on any atom is -0.352 e. The van der Waals surface area contributed by atoms with Crippen LogP contribution in [0.2, 0.25) is 0 Å². The first-order valence-electron chi connectivity index (χ1n) is 6.81. The van der Waals surface area contributed by atoms with Gasteiger partial charge in [0.1, 0.15) is 0 Å². The molecule has 1 saturated carbocycles. The highest BCUT2D eigenvalue weighted by Crippen LogP contribution is 2.23. The second kappa shape index (κ2) is 5.67. The molecule has 0 aromatic heterocycles. The Hall–Kier alpha value is -0.570. The molecule has 3 nitrogen and oxygen atoms in total. The highest BCUT2D eigenvalue weighted by molar-refractivity contribution is 5.82. The van der Waals surface area contributed by atoms with Crippen LogP contribution in [0.15, 0.2) is 0 Å². The second-order valence-electron chi connectivity index (χ2n) is 5.38. The topological polar surface area (TPSA) is 41.1 Å². The van der Waals surface area contributed by atoms with Crippen molar-refractivity contribution in [1.82, 2.24) is 10.6 Å². The van der Waals surface area contributed by atoms with Crippen molar-refractivity contribution in [3.63, 3.8) is 0 Å². The van der Waals surface area contributed by atoms with E-state index in [9.17, 15) is 4.79 Å². The van der Waals surface area contributed by atoms with E-state index >= 15 is 0 Å². The Morgan fingerprint density at radius 2 is 1.94 bits per heavy atom. The van der Waals surface area contributed by atoms with Crippen LogP contribution in [0.25, 0.3) is 0 Å². The maximum absolute atomic E-state index is 12.0. The van der Waals surface area contributed by atoms with Crippen molar-refractivity contribution in [3.8, 4) is 0 Å². The van der Waals surface area contributed by atoms with Crippen LogP contribution >= 0.6 is 0 Å². The van der Waals surface area contributed by atoms with Crippen LogP contribution in [-0.2, 0) is 4.79 Å². The van der Waals surface area contributed by atoms with E-state index in [1.165, 1.54) is 32.1 Å². The predicted octanol–water partition coefficient (Wildman–Crippen LogP) is 1.82. The van der Waals surface area contributed by atoms with Crippen LogP contribution in [0.3, 0.4) is 0 Å². The van der Waals surface area contributed by atoms with Gasteiger partial charge in [-0.15, -0.1) is 0 Å². The molecule has 3 unspecified atom stereocenters. The molecule has 3 heteroatoms. The monoisotopic (exact) mass is 224 g/mol. The summed E-state index contributed by atoms with van der Waals surface area (Å²) in [6.45, 7) is 3.27. The summed E-state index contributed by atoms with van der Waals surface area (Å²) in [5, 5.41) is 6.51. The molecule has 92 valence electrons. The molecule has 0 bridgehead atoms. The lowest BCUT2D eigenvalue weighted by atomic mass is 9.96. The van der Waals surface area contributed by atoms with E-state index in [0.717, 1.165) is 19.4 Å². The molecule has 3 atom stereocenters. The molecule has 0 spiro atoms. The predicted molar refractivity (Wildman–Crippen MR) is 65.2 cm³/mol. The van der Waals surface area contributed by atoms with Crippen molar-refractivity contribution in [3.05, 3.63) is 0 Å². The normalized spacial score (nSPS) is 35.7. The van der Waals surface area contributed by atoms with E-state index in [2.05, 4.69) is 17.6 Å². The van der Waals surface area contributed by atoms with Gasteiger partial charge in [-0.05, 0) is 38.1 Å². The average molecular weight is 224 g/mol. The smallest absolute Gasteiger partial charge is 0.237 e. The number of rotatable bonds is 2. The highest BCUT2D eigenvalue weighted by Gasteiger charge is 2.26. The summed E-state index contributed by atoms with van der Waals surface area (Å²) in [6.07, 6.45) is 8.51. The average Bonchev–Trinajstić information content (AvgIpc) is 2.73. The van der Waals surface area contributed by atoms with E-state index in [0.29, 0.717) is 12.0 Å². The van der Waals surface area contributed by atoms with Crippen LogP contribution in [0.1, 0.15) is 51.9 Å². The van der Waals surface area contributed by atoms with Crippen molar-refractivity contribution in [2.75, 3.05) is 6.54 Å². The van der Waals surface area contributed by atoms with Gasteiger partial charge >= 0.3 is 0 Å². The molecule has 2 fully saturated rings. The maximum Gasteiger partial charge on any atom is 0.237 e. The lowest BCUT2D eigenvalue weighted by molar-refractivity contribution is -0.123. The molecule has 2 N–H and O–H groups in total. The molecule has 1 aliphatic carbocycles. The Labute approximate surface area is 98.4 Å². The lowest BCUT2D eigenvalue weighted by Gasteiger charge is -2.24. The fraction of sp³-hybridized carbons (Fsp3) is 0.923. The van der Waals surface area contributed by atoms with E-state index in [1.807, 2.05) is 0 Å². The third kappa shape index (κ3) is 2.97. The number of hydrogen-bond donors (Lipinski definition) is 2. The molecule has 1 aliphatic heterocycles. The standard InChI is InChI=1S/C13H24N2O/c1-10-6-3-2-4-7-11(10)15-13(16)12-8-5-9-14-12/h10-12,14H,2-9H2,1H3,(H,15,16). The van der Waals surface area contributed by atoms with Crippen molar-refractivity contribution in [1.29, 1.82) is 0 Å². The van der Waals surface area contributed by atoms with Crippen LogP contribution in [-0.4, -0.2) is 24.5 Å². The van der Waals surface area contributed by atoms with E-state index in [4.69, 9.17) is 0 Å². The highest BCUT2D eigenvalue weighted by atomic mass is 16.2. The lowest BCUT2D eigenvalue weighted by Crippen LogP contribution is -2.47. The van der Waals surface area contributed by atoms with Gasteiger partial charge in [-0.25, -0.2) is 0 Å². The Morgan fingerprint density at radius 3 is 2.69 bits per heavy atom. The van der Waals surface area contributed by atoms with Crippen molar-refractivity contribution in [2.24, 2.45) is 5.92 Å². The van der Waals surface area contributed by atoms with Gasteiger partial charge in [0.05, 0.1) is 6.04 Å². The quantitative estimate of drug-likeness (QED) is 0.703. The SMILES string of the molecule is CC1CCCCCC1NC(=O)C1CCCN1. The molecule has 0 aromatic carbocycles. The first-order valence-corrected chi connectivity index (χ1v) is 6.81. The minimum absolute atomic E-state index is 0.0791. The maximum atomic E-state index is 12.0. The van der Waals surface area contributed by atoms with Crippen molar-refractivity contribution >= 4 is 5.91 Å². The summed E-state index contributed by atoms with van der Waals surface area (Å²) in [5.41, 5.74) is 0. The number of amides is 1. The molecule has 2 rings (SSSR count). The van der Waals surface area contributed by atoms with Crippen LogP contribution in [0, 0.1) is 5.92 Å². The Kier molecular flexibility index (Phi) is 4.22. The van der Waals surface area contributed by atoms with E-state index < -0.39 is 0 Å². The molecule has 0 aromatic rings. The van der Waals surface area contributed by atoms with E-state index in [-0.39, 0.29) is 11.9 Å². The zero-order valence-electron chi connectivity index (χ0n) is 10.3. The van der Waals surface area contributed by atoms with Gasteiger partial charge in [-0.1, -0.05) is 26.2 Å². The number of hydrogen-bond acceptors (Lipinski definition) is 2. The van der Waals surface area contributed by atoms with Gasteiger partial charge in [0, 0.05) is 6.04 Å². The fourth-order valence-electron chi connectivity index (χ4n) is 2.90.